The van der Waals surface area contributed by atoms with Crippen molar-refractivity contribution in [2.45, 2.75) is 6.54 Å². The molecule has 0 aliphatic heterocycles. The van der Waals surface area contributed by atoms with Gasteiger partial charge in [0.05, 0.1) is 30.0 Å². The standard InChI is InChI=1S/C12H12N6O/c1-17(8-11-14-2-3-15-11)12(19)9-6-16-18-5-4-13-7-10(9)18/h2-7H,8H2,1H3,(H,14,15). The van der Waals surface area contributed by atoms with E-state index in [9.17, 15) is 4.79 Å². The highest BCUT2D eigenvalue weighted by molar-refractivity contribution is 6.00. The Morgan fingerprint density at radius 1 is 1.42 bits per heavy atom. The lowest BCUT2D eigenvalue weighted by Gasteiger charge is -2.14. The fourth-order valence-electron chi connectivity index (χ4n) is 1.89. The van der Waals surface area contributed by atoms with E-state index >= 15 is 0 Å². The van der Waals surface area contributed by atoms with E-state index in [1.807, 2.05) is 0 Å². The third-order valence-corrected chi connectivity index (χ3v) is 2.84. The molecule has 7 nitrogen and oxygen atoms in total. The first-order valence-corrected chi connectivity index (χ1v) is 5.77. The van der Waals surface area contributed by atoms with Gasteiger partial charge in [0, 0.05) is 31.8 Å². The minimum Gasteiger partial charge on any atom is -0.347 e. The van der Waals surface area contributed by atoms with Crippen molar-refractivity contribution >= 4 is 11.4 Å². The second-order valence-corrected chi connectivity index (χ2v) is 4.16. The number of imidazole rings is 1. The highest BCUT2D eigenvalue weighted by Gasteiger charge is 2.17. The molecule has 0 aromatic carbocycles. The lowest BCUT2D eigenvalue weighted by molar-refractivity contribution is 0.0783. The average Bonchev–Trinajstić information content (AvgIpc) is 3.06. The summed E-state index contributed by atoms with van der Waals surface area (Å²) in [5, 5.41) is 4.12. The van der Waals surface area contributed by atoms with Crippen molar-refractivity contribution in [2.75, 3.05) is 7.05 Å². The molecule has 0 saturated carbocycles. The van der Waals surface area contributed by atoms with Crippen LogP contribution in [0, 0.1) is 0 Å². The minimum absolute atomic E-state index is 0.112. The molecule has 0 aliphatic rings. The smallest absolute Gasteiger partial charge is 0.257 e. The predicted molar refractivity (Wildman–Crippen MR) is 67.4 cm³/mol. The second-order valence-electron chi connectivity index (χ2n) is 4.16. The first-order chi connectivity index (χ1) is 9.25. The first kappa shape index (κ1) is 11.4. The van der Waals surface area contributed by atoms with Crippen molar-refractivity contribution in [3.63, 3.8) is 0 Å². The summed E-state index contributed by atoms with van der Waals surface area (Å²) < 4.78 is 1.63. The van der Waals surface area contributed by atoms with E-state index in [1.165, 1.54) is 0 Å². The van der Waals surface area contributed by atoms with Gasteiger partial charge < -0.3 is 9.88 Å². The van der Waals surface area contributed by atoms with Gasteiger partial charge in [-0.05, 0) is 0 Å². The second kappa shape index (κ2) is 4.52. The fraction of sp³-hybridized carbons (Fsp3) is 0.167. The topological polar surface area (TPSA) is 79.2 Å². The van der Waals surface area contributed by atoms with Crippen LogP contribution in [-0.4, -0.2) is 42.4 Å². The lowest BCUT2D eigenvalue weighted by Crippen LogP contribution is -2.26. The number of aromatic nitrogens is 5. The summed E-state index contributed by atoms with van der Waals surface area (Å²) in [6, 6.07) is 0. The van der Waals surface area contributed by atoms with Gasteiger partial charge >= 0.3 is 0 Å². The average molecular weight is 256 g/mol. The molecule has 0 bridgehead atoms. The number of hydrogen-bond acceptors (Lipinski definition) is 4. The number of rotatable bonds is 3. The van der Waals surface area contributed by atoms with Gasteiger partial charge in [-0.3, -0.25) is 9.78 Å². The Balaban J connectivity index is 1.87. The molecule has 0 fully saturated rings. The van der Waals surface area contributed by atoms with Crippen LogP contribution in [0.4, 0.5) is 0 Å². The number of nitrogens with one attached hydrogen (secondary N) is 1. The number of amides is 1. The molecule has 0 saturated heterocycles. The number of aromatic amines is 1. The molecule has 1 N–H and O–H groups in total. The maximum absolute atomic E-state index is 12.3. The Morgan fingerprint density at radius 3 is 3.11 bits per heavy atom. The van der Waals surface area contributed by atoms with Crippen molar-refractivity contribution in [1.29, 1.82) is 0 Å². The van der Waals surface area contributed by atoms with Crippen LogP contribution in [0.2, 0.25) is 0 Å². The molecule has 96 valence electrons. The Labute approximate surface area is 108 Å². The molecule has 0 aliphatic carbocycles. The highest BCUT2D eigenvalue weighted by Crippen LogP contribution is 2.12. The fourth-order valence-corrected chi connectivity index (χ4v) is 1.89. The van der Waals surface area contributed by atoms with E-state index in [0.717, 1.165) is 5.82 Å². The number of fused-ring (bicyclic) bond motifs is 1. The van der Waals surface area contributed by atoms with E-state index in [-0.39, 0.29) is 5.91 Å². The van der Waals surface area contributed by atoms with Crippen molar-refractivity contribution in [1.82, 2.24) is 29.5 Å². The van der Waals surface area contributed by atoms with Crippen LogP contribution in [0.15, 0.2) is 37.2 Å². The van der Waals surface area contributed by atoms with Gasteiger partial charge in [-0.1, -0.05) is 0 Å². The summed E-state index contributed by atoms with van der Waals surface area (Å²) in [7, 11) is 1.73. The summed E-state index contributed by atoms with van der Waals surface area (Å²) in [5.41, 5.74) is 1.22. The molecule has 0 unspecified atom stereocenters. The van der Waals surface area contributed by atoms with E-state index in [1.54, 1.807) is 53.6 Å². The van der Waals surface area contributed by atoms with Crippen LogP contribution < -0.4 is 0 Å². The lowest BCUT2D eigenvalue weighted by atomic mass is 10.2. The molecule has 0 spiro atoms. The van der Waals surface area contributed by atoms with Crippen molar-refractivity contribution in [3.8, 4) is 0 Å². The predicted octanol–water partition coefficient (Wildman–Crippen LogP) is 0.725. The van der Waals surface area contributed by atoms with Crippen LogP contribution in [0.3, 0.4) is 0 Å². The molecule has 3 heterocycles. The number of nitrogens with zero attached hydrogens (tertiary/aromatic N) is 5. The van der Waals surface area contributed by atoms with E-state index < -0.39 is 0 Å². The Hall–Kier alpha value is -2.70. The maximum Gasteiger partial charge on any atom is 0.257 e. The number of H-pyrrole nitrogens is 1. The van der Waals surface area contributed by atoms with E-state index in [2.05, 4.69) is 20.1 Å². The van der Waals surface area contributed by atoms with Gasteiger partial charge in [-0.15, -0.1) is 0 Å². The van der Waals surface area contributed by atoms with Gasteiger partial charge in [0.15, 0.2) is 0 Å². The Morgan fingerprint density at radius 2 is 2.32 bits per heavy atom. The van der Waals surface area contributed by atoms with Crippen molar-refractivity contribution < 1.29 is 4.79 Å². The van der Waals surface area contributed by atoms with E-state index in [0.29, 0.717) is 17.6 Å². The molecule has 0 radical (unpaired) electrons. The molecular weight excluding hydrogens is 244 g/mol. The summed E-state index contributed by atoms with van der Waals surface area (Å²) in [5.74, 6) is 0.629. The molecular formula is C12H12N6O. The molecule has 3 aromatic heterocycles. The van der Waals surface area contributed by atoms with Crippen molar-refractivity contribution in [2.24, 2.45) is 0 Å². The summed E-state index contributed by atoms with van der Waals surface area (Å²) in [4.78, 5) is 25.0. The third kappa shape index (κ3) is 2.05. The Bertz CT molecular complexity index is 702. The van der Waals surface area contributed by atoms with Gasteiger partial charge in [-0.2, -0.15) is 5.10 Å². The van der Waals surface area contributed by atoms with Crippen LogP contribution in [0.5, 0.6) is 0 Å². The van der Waals surface area contributed by atoms with Crippen LogP contribution >= 0.6 is 0 Å². The normalized spacial score (nSPS) is 10.8. The molecule has 3 aromatic rings. The monoisotopic (exact) mass is 256 g/mol. The summed E-state index contributed by atoms with van der Waals surface area (Å²) >= 11 is 0. The van der Waals surface area contributed by atoms with Crippen LogP contribution in [0.25, 0.3) is 5.52 Å². The van der Waals surface area contributed by atoms with Crippen molar-refractivity contribution in [3.05, 3.63) is 48.6 Å². The quantitative estimate of drug-likeness (QED) is 0.749. The highest BCUT2D eigenvalue weighted by atomic mass is 16.2. The number of carbonyl (C=O) groups is 1. The zero-order valence-electron chi connectivity index (χ0n) is 10.3. The van der Waals surface area contributed by atoms with E-state index in [4.69, 9.17) is 0 Å². The molecule has 0 atom stereocenters. The summed E-state index contributed by atoms with van der Waals surface area (Å²) in [6.45, 7) is 0.420. The maximum atomic E-state index is 12.3. The van der Waals surface area contributed by atoms with Crippen LogP contribution in [-0.2, 0) is 6.54 Å². The molecule has 3 rings (SSSR count). The molecule has 1 amide bonds. The number of hydrogen-bond donors (Lipinski definition) is 1. The third-order valence-electron chi connectivity index (χ3n) is 2.84. The van der Waals surface area contributed by atoms with Crippen LogP contribution in [0.1, 0.15) is 16.2 Å². The van der Waals surface area contributed by atoms with Gasteiger partial charge in [-0.25, -0.2) is 9.50 Å². The summed E-state index contributed by atoms with van der Waals surface area (Å²) in [6.07, 6.45) is 9.90. The zero-order chi connectivity index (χ0) is 13.2. The van der Waals surface area contributed by atoms with Gasteiger partial charge in [0.1, 0.15) is 5.82 Å². The first-order valence-electron chi connectivity index (χ1n) is 5.77. The van der Waals surface area contributed by atoms with Gasteiger partial charge in [0.25, 0.3) is 5.91 Å². The number of carbonyl (C=O) groups excluding carboxylic acids is 1. The zero-order valence-corrected chi connectivity index (χ0v) is 10.3. The SMILES string of the molecule is CN(Cc1ncc[nH]1)C(=O)c1cnn2ccncc12. The van der Waals surface area contributed by atoms with Gasteiger partial charge in [0.2, 0.25) is 0 Å². The Kier molecular flexibility index (Phi) is 2.71. The largest absolute Gasteiger partial charge is 0.347 e. The molecule has 19 heavy (non-hydrogen) atoms. The molecule has 7 heteroatoms. The minimum atomic E-state index is -0.112.